The maximum absolute atomic E-state index is 11.3. The Morgan fingerprint density at radius 3 is 2.87 bits per heavy atom. The fourth-order valence-electron chi connectivity index (χ4n) is 3.25. The number of carbonyl (C=O) groups excluding carboxylic acids is 1. The molecule has 1 saturated carbocycles. The molecule has 0 spiro atoms. The van der Waals surface area contributed by atoms with Gasteiger partial charge in [-0.2, -0.15) is 9.78 Å². The SMILES string of the molecule is Cc1nn(C(=O)S)c2c1[C@@H]1[C@@H](C2)C1(C)C. The van der Waals surface area contributed by atoms with E-state index in [1.54, 1.807) is 0 Å². The maximum atomic E-state index is 11.3. The van der Waals surface area contributed by atoms with Crippen molar-refractivity contribution in [1.82, 2.24) is 9.78 Å². The standard InChI is InChI=1S/C11H14N2OS/c1-5-8-7(13(12-5)10(14)15)4-6-9(8)11(6,2)3/h6,9H,4H2,1-3H3,(H,14,15)/t6-,9+/m1/s1. The average Bonchev–Trinajstić information content (AvgIpc) is 2.54. The lowest BCUT2D eigenvalue weighted by atomic mass is 9.98. The summed E-state index contributed by atoms with van der Waals surface area (Å²) in [4.78, 5) is 11.3. The van der Waals surface area contributed by atoms with Gasteiger partial charge in [0.15, 0.2) is 0 Å². The van der Waals surface area contributed by atoms with Gasteiger partial charge in [-0.25, -0.2) is 0 Å². The molecule has 1 aromatic heterocycles. The molecule has 2 atom stereocenters. The van der Waals surface area contributed by atoms with E-state index in [9.17, 15) is 4.79 Å². The normalized spacial score (nSPS) is 29.9. The summed E-state index contributed by atoms with van der Waals surface area (Å²) in [5.74, 6) is 1.33. The molecular formula is C11H14N2OS. The Morgan fingerprint density at radius 2 is 2.27 bits per heavy atom. The third-order valence-corrected chi connectivity index (χ3v) is 4.35. The van der Waals surface area contributed by atoms with Crippen molar-refractivity contribution in [2.45, 2.75) is 33.1 Å². The first-order chi connectivity index (χ1) is 6.94. The van der Waals surface area contributed by atoms with Gasteiger partial charge in [-0.3, -0.25) is 4.79 Å². The van der Waals surface area contributed by atoms with E-state index >= 15 is 0 Å². The first-order valence-corrected chi connectivity index (χ1v) is 5.71. The minimum atomic E-state index is -0.265. The Balaban J connectivity index is 2.14. The zero-order valence-electron chi connectivity index (χ0n) is 9.11. The van der Waals surface area contributed by atoms with Crippen LogP contribution in [-0.2, 0) is 6.42 Å². The van der Waals surface area contributed by atoms with Crippen LogP contribution in [0.15, 0.2) is 0 Å². The molecule has 15 heavy (non-hydrogen) atoms. The van der Waals surface area contributed by atoms with Crippen molar-refractivity contribution in [3.63, 3.8) is 0 Å². The van der Waals surface area contributed by atoms with Crippen LogP contribution in [0.2, 0.25) is 0 Å². The molecule has 3 nitrogen and oxygen atoms in total. The summed E-state index contributed by atoms with van der Waals surface area (Å²) in [6.45, 7) is 6.58. The summed E-state index contributed by atoms with van der Waals surface area (Å²) in [6, 6.07) is 0. The van der Waals surface area contributed by atoms with E-state index in [1.165, 1.54) is 10.2 Å². The number of aryl methyl sites for hydroxylation is 1. The summed E-state index contributed by atoms with van der Waals surface area (Å²) in [5.41, 5.74) is 3.82. The molecule has 0 N–H and O–H groups in total. The van der Waals surface area contributed by atoms with E-state index < -0.39 is 0 Å². The molecule has 0 saturated heterocycles. The number of carbonyl (C=O) groups is 1. The molecule has 2 aliphatic carbocycles. The topological polar surface area (TPSA) is 34.9 Å². The van der Waals surface area contributed by atoms with Crippen LogP contribution in [0.25, 0.3) is 0 Å². The molecule has 0 bridgehead atoms. The van der Waals surface area contributed by atoms with E-state index in [0.717, 1.165) is 17.8 Å². The number of rotatable bonds is 0. The molecule has 0 unspecified atom stereocenters. The summed E-state index contributed by atoms with van der Waals surface area (Å²) >= 11 is 3.85. The summed E-state index contributed by atoms with van der Waals surface area (Å²) < 4.78 is 1.47. The van der Waals surface area contributed by atoms with E-state index in [0.29, 0.717) is 17.3 Å². The van der Waals surface area contributed by atoms with Gasteiger partial charge in [-0.15, -0.1) is 0 Å². The average molecular weight is 222 g/mol. The van der Waals surface area contributed by atoms with Gasteiger partial charge in [0.1, 0.15) is 0 Å². The molecule has 0 radical (unpaired) electrons. The summed E-state index contributed by atoms with van der Waals surface area (Å²) in [6.07, 6.45) is 0.986. The quantitative estimate of drug-likeness (QED) is 0.684. The second kappa shape index (κ2) is 2.48. The van der Waals surface area contributed by atoms with Crippen LogP contribution in [0.5, 0.6) is 0 Å². The Labute approximate surface area is 94.3 Å². The highest BCUT2D eigenvalue weighted by atomic mass is 32.1. The van der Waals surface area contributed by atoms with Gasteiger partial charge in [0.25, 0.3) is 0 Å². The highest BCUT2D eigenvalue weighted by molar-refractivity contribution is 7.96. The fraction of sp³-hybridized carbons (Fsp3) is 0.636. The monoisotopic (exact) mass is 222 g/mol. The molecule has 1 fully saturated rings. The largest absolute Gasteiger partial charge is 0.303 e. The minimum absolute atomic E-state index is 0.265. The number of hydrogen-bond donors (Lipinski definition) is 1. The fourth-order valence-corrected chi connectivity index (χ4v) is 3.42. The smallest absolute Gasteiger partial charge is 0.260 e. The Hall–Kier alpha value is -0.770. The molecule has 0 amide bonds. The number of aromatic nitrogens is 2. The van der Waals surface area contributed by atoms with Crippen molar-refractivity contribution in [3.05, 3.63) is 17.0 Å². The van der Waals surface area contributed by atoms with Gasteiger partial charge in [0, 0.05) is 5.56 Å². The zero-order valence-corrected chi connectivity index (χ0v) is 10.0. The number of nitrogens with zero attached hydrogens (tertiary/aromatic N) is 2. The highest BCUT2D eigenvalue weighted by Crippen LogP contribution is 2.70. The minimum Gasteiger partial charge on any atom is -0.260 e. The predicted molar refractivity (Wildman–Crippen MR) is 60.5 cm³/mol. The van der Waals surface area contributed by atoms with Crippen molar-refractivity contribution in [3.8, 4) is 0 Å². The van der Waals surface area contributed by atoms with Crippen molar-refractivity contribution < 1.29 is 4.79 Å². The van der Waals surface area contributed by atoms with Crippen LogP contribution in [0.3, 0.4) is 0 Å². The summed E-state index contributed by atoms with van der Waals surface area (Å²) in [5, 5.41) is 4.00. The molecule has 4 heteroatoms. The van der Waals surface area contributed by atoms with Crippen LogP contribution >= 0.6 is 12.6 Å². The van der Waals surface area contributed by atoms with E-state index in [1.807, 2.05) is 6.92 Å². The van der Waals surface area contributed by atoms with Crippen molar-refractivity contribution >= 4 is 17.9 Å². The first-order valence-electron chi connectivity index (χ1n) is 5.26. The van der Waals surface area contributed by atoms with Crippen molar-refractivity contribution in [2.24, 2.45) is 11.3 Å². The Morgan fingerprint density at radius 1 is 1.60 bits per heavy atom. The second-order valence-electron chi connectivity index (χ2n) is 5.25. The van der Waals surface area contributed by atoms with Gasteiger partial charge in [-0.1, -0.05) is 26.5 Å². The van der Waals surface area contributed by atoms with E-state index in [-0.39, 0.29) is 5.24 Å². The van der Waals surface area contributed by atoms with Crippen molar-refractivity contribution in [2.75, 3.05) is 0 Å². The molecule has 3 rings (SSSR count). The highest BCUT2D eigenvalue weighted by Gasteiger charge is 2.63. The number of fused-ring (bicyclic) bond motifs is 3. The third-order valence-electron chi connectivity index (χ3n) is 4.16. The molecule has 80 valence electrons. The van der Waals surface area contributed by atoms with Crippen LogP contribution < -0.4 is 0 Å². The third kappa shape index (κ3) is 0.982. The molecule has 0 aliphatic heterocycles. The van der Waals surface area contributed by atoms with Crippen molar-refractivity contribution in [1.29, 1.82) is 0 Å². The molecule has 0 aromatic carbocycles. The first kappa shape index (κ1) is 9.46. The van der Waals surface area contributed by atoms with E-state index in [4.69, 9.17) is 0 Å². The molecule has 2 aliphatic rings. The zero-order chi connectivity index (χ0) is 11.0. The second-order valence-corrected chi connectivity index (χ2v) is 5.63. The molecular weight excluding hydrogens is 208 g/mol. The number of hydrogen-bond acceptors (Lipinski definition) is 2. The van der Waals surface area contributed by atoms with Gasteiger partial charge in [0.2, 0.25) is 0 Å². The lowest BCUT2D eigenvalue weighted by molar-refractivity contribution is 0.259. The van der Waals surface area contributed by atoms with Crippen LogP contribution in [0.4, 0.5) is 4.79 Å². The Kier molecular flexibility index (Phi) is 1.57. The molecule has 1 heterocycles. The van der Waals surface area contributed by atoms with Gasteiger partial charge < -0.3 is 0 Å². The van der Waals surface area contributed by atoms with E-state index in [2.05, 4.69) is 31.6 Å². The van der Waals surface area contributed by atoms with Crippen LogP contribution in [-0.4, -0.2) is 15.0 Å². The predicted octanol–water partition coefficient (Wildman–Crippen LogP) is 2.39. The lowest BCUT2D eigenvalue weighted by Gasteiger charge is -2.08. The van der Waals surface area contributed by atoms with Crippen LogP contribution in [0.1, 0.15) is 36.7 Å². The number of thiol groups is 1. The molecule has 1 aromatic rings. The van der Waals surface area contributed by atoms with Gasteiger partial charge in [0.05, 0.1) is 11.4 Å². The van der Waals surface area contributed by atoms with Gasteiger partial charge >= 0.3 is 5.24 Å². The van der Waals surface area contributed by atoms with Crippen LogP contribution in [0, 0.1) is 18.3 Å². The summed E-state index contributed by atoms with van der Waals surface area (Å²) in [7, 11) is 0. The van der Waals surface area contributed by atoms with Gasteiger partial charge in [-0.05, 0) is 30.6 Å². The maximum Gasteiger partial charge on any atom is 0.303 e. The lowest BCUT2D eigenvalue weighted by Crippen LogP contribution is -2.10. The Bertz CT molecular complexity index is 475.